The van der Waals surface area contributed by atoms with E-state index in [0.29, 0.717) is 0 Å². The van der Waals surface area contributed by atoms with Crippen LogP contribution in [0.5, 0.6) is 5.75 Å². The van der Waals surface area contributed by atoms with Crippen LogP contribution in [-0.2, 0) is 13.2 Å². The predicted octanol–water partition coefficient (Wildman–Crippen LogP) is 4.86. The van der Waals surface area contributed by atoms with E-state index in [1.165, 1.54) is 12.1 Å². The Balaban J connectivity index is 1.94. The molecule has 7 nitrogen and oxygen atoms in total. The van der Waals surface area contributed by atoms with Crippen molar-refractivity contribution < 1.29 is 19.6 Å². The highest BCUT2D eigenvalue weighted by atomic mass is 16.6. The third-order valence-electron chi connectivity index (χ3n) is 4.10. The van der Waals surface area contributed by atoms with Crippen LogP contribution < -0.4 is 9.64 Å². The molecule has 0 saturated heterocycles. The summed E-state index contributed by atoms with van der Waals surface area (Å²) >= 11 is 0. The average Bonchev–Trinajstić information content (AvgIpc) is 2.71. The van der Waals surface area contributed by atoms with Crippen LogP contribution >= 0.6 is 0 Å². The summed E-state index contributed by atoms with van der Waals surface area (Å²) in [5.74, 6) is 0.0191. The molecular weight excluding hydrogens is 360 g/mol. The van der Waals surface area contributed by atoms with Crippen LogP contribution in [0.2, 0.25) is 0 Å². The van der Waals surface area contributed by atoms with Gasteiger partial charge < -0.3 is 9.84 Å². The van der Waals surface area contributed by atoms with E-state index in [1.54, 1.807) is 30.3 Å². The Morgan fingerprint density at radius 2 is 1.54 bits per heavy atom. The first-order valence-electron chi connectivity index (χ1n) is 8.55. The zero-order valence-electron chi connectivity index (χ0n) is 14.9. The summed E-state index contributed by atoms with van der Waals surface area (Å²) in [5, 5.41) is 21.4. The number of nitro benzene ring substituents is 1. The Bertz CT molecular complexity index is 961. The molecule has 3 aromatic carbocycles. The van der Waals surface area contributed by atoms with Crippen molar-refractivity contribution in [3.05, 3.63) is 100 Å². The summed E-state index contributed by atoms with van der Waals surface area (Å²) in [6.07, 6.45) is -1.29. The lowest BCUT2D eigenvalue weighted by atomic mass is 10.1. The molecule has 28 heavy (non-hydrogen) atoms. The van der Waals surface area contributed by atoms with Crippen LogP contribution in [0.15, 0.2) is 78.9 Å². The Kier molecular flexibility index (Phi) is 5.86. The van der Waals surface area contributed by atoms with Crippen molar-refractivity contribution in [1.82, 2.24) is 0 Å². The van der Waals surface area contributed by atoms with Crippen LogP contribution in [0.25, 0.3) is 0 Å². The molecule has 1 N–H and O–H groups in total. The third kappa shape index (κ3) is 4.45. The largest absolute Gasteiger partial charge is 0.482 e. The number of ether oxygens (including phenoxy) is 1. The van der Waals surface area contributed by atoms with Gasteiger partial charge in [-0.05, 0) is 23.3 Å². The summed E-state index contributed by atoms with van der Waals surface area (Å²) in [7, 11) is 0. The van der Waals surface area contributed by atoms with Crippen LogP contribution in [-0.4, -0.2) is 16.1 Å². The molecular formula is C21H18N2O5. The molecule has 0 bridgehead atoms. The van der Waals surface area contributed by atoms with Crippen molar-refractivity contribution in [2.45, 2.75) is 13.2 Å². The maximum atomic E-state index is 11.8. The highest BCUT2D eigenvalue weighted by Gasteiger charge is 2.28. The fourth-order valence-corrected chi connectivity index (χ4v) is 2.79. The van der Waals surface area contributed by atoms with Crippen LogP contribution in [0, 0.1) is 10.1 Å². The highest BCUT2D eigenvalue weighted by molar-refractivity contribution is 5.90. The van der Waals surface area contributed by atoms with Gasteiger partial charge in [-0.2, -0.15) is 0 Å². The SMILES string of the molecule is O=C(O)N(Cc1ccccc1)c1cccc(OCc2ccccc2)c1[N+](=O)[O-]. The molecule has 0 heterocycles. The van der Waals surface area contributed by atoms with Gasteiger partial charge in [-0.25, -0.2) is 4.79 Å². The molecule has 0 aliphatic heterocycles. The van der Waals surface area contributed by atoms with Crippen LogP contribution in [0.4, 0.5) is 16.2 Å². The van der Waals surface area contributed by atoms with Gasteiger partial charge in [-0.15, -0.1) is 0 Å². The fourth-order valence-electron chi connectivity index (χ4n) is 2.79. The summed E-state index contributed by atoms with van der Waals surface area (Å²) in [6.45, 7) is 0.121. The van der Waals surface area contributed by atoms with Gasteiger partial charge in [-0.3, -0.25) is 15.0 Å². The lowest BCUT2D eigenvalue weighted by Gasteiger charge is -2.20. The van der Waals surface area contributed by atoms with Crippen molar-refractivity contribution in [1.29, 1.82) is 0 Å². The molecule has 0 spiro atoms. The summed E-state index contributed by atoms with van der Waals surface area (Å²) < 4.78 is 5.64. The smallest absolute Gasteiger partial charge is 0.412 e. The van der Waals surface area contributed by atoms with Crippen LogP contribution in [0.1, 0.15) is 11.1 Å². The van der Waals surface area contributed by atoms with E-state index >= 15 is 0 Å². The average molecular weight is 378 g/mol. The van der Waals surface area contributed by atoms with E-state index in [9.17, 15) is 20.0 Å². The molecule has 142 valence electrons. The van der Waals surface area contributed by atoms with E-state index < -0.39 is 11.0 Å². The second-order valence-corrected chi connectivity index (χ2v) is 6.01. The monoisotopic (exact) mass is 378 g/mol. The topological polar surface area (TPSA) is 92.9 Å². The Morgan fingerprint density at radius 1 is 0.929 bits per heavy atom. The van der Waals surface area contributed by atoms with Gasteiger partial charge in [-0.1, -0.05) is 66.7 Å². The Hall–Kier alpha value is -3.87. The quantitative estimate of drug-likeness (QED) is 0.468. The number of para-hydroxylation sites is 1. The molecule has 3 rings (SSSR count). The Labute approximate surface area is 161 Å². The van der Waals surface area contributed by atoms with Gasteiger partial charge >= 0.3 is 11.8 Å². The van der Waals surface area contributed by atoms with Crippen molar-refractivity contribution in [3.8, 4) is 5.75 Å². The minimum absolute atomic E-state index is 0.0147. The molecule has 0 unspecified atom stereocenters. The van der Waals surface area contributed by atoms with Gasteiger partial charge in [0.15, 0.2) is 5.75 Å². The second kappa shape index (κ2) is 8.68. The van der Waals surface area contributed by atoms with Crippen LogP contribution in [0.3, 0.4) is 0 Å². The number of nitrogens with zero attached hydrogens (tertiary/aromatic N) is 2. The van der Waals surface area contributed by atoms with Crippen molar-refractivity contribution in [2.75, 3.05) is 4.90 Å². The van der Waals surface area contributed by atoms with E-state index in [2.05, 4.69) is 0 Å². The number of benzene rings is 3. The number of rotatable bonds is 7. The molecule has 1 amide bonds. The fraction of sp³-hybridized carbons (Fsp3) is 0.0952. The van der Waals surface area contributed by atoms with Gasteiger partial charge in [0, 0.05) is 0 Å². The minimum Gasteiger partial charge on any atom is -0.482 e. The second-order valence-electron chi connectivity index (χ2n) is 6.01. The molecule has 0 aromatic heterocycles. The number of amides is 1. The molecule has 7 heteroatoms. The van der Waals surface area contributed by atoms with Gasteiger partial charge in [0.25, 0.3) is 0 Å². The summed E-state index contributed by atoms with van der Waals surface area (Å²) in [6, 6.07) is 22.5. The summed E-state index contributed by atoms with van der Waals surface area (Å²) in [4.78, 5) is 23.9. The molecule has 0 fully saturated rings. The number of nitro groups is 1. The minimum atomic E-state index is -1.29. The molecule has 0 aliphatic rings. The highest BCUT2D eigenvalue weighted by Crippen LogP contribution is 2.38. The maximum Gasteiger partial charge on any atom is 0.412 e. The molecule has 0 radical (unpaired) electrons. The van der Waals surface area contributed by atoms with E-state index in [4.69, 9.17) is 4.74 Å². The standard InChI is InChI=1S/C21H18N2O5/c24-21(25)22(14-16-8-3-1-4-9-16)18-12-7-13-19(20(18)23(26)27)28-15-17-10-5-2-6-11-17/h1-13H,14-15H2,(H,24,25). The number of hydrogen-bond donors (Lipinski definition) is 1. The maximum absolute atomic E-state index is 11.8. The number of carbonyl (C=O) groups is 1. The van der Waals surface area contributed by atoms with Crippen molar-refractivity contribution in [2.24, 2.45) is 0 Å². The molecule has 3 aromatic rings. The van der Waals surface area contributed by atoms with Crippen molar-refractivity contribution in [3.63, 3.8) is 0 Å². The molecule has 0 saturated carbocycles. The first-order valence-corrected chi connectivity index (χ1v) is 8.55. The van der Waals surface area contributed by atoms with Gasteiger partial charge in [0.2, 0.25) is 0 Å². The number of hydrogen-bond acceptors (Lipinski definition) is 4. The normalized spacial score (nSPS) is 10.3. The van der Waals surface area contributed by atoms with E-state index in [-0.39, 0.29) is 30.3 Å². The molecule has 0 atom stereocenters. The lowest BCUT2D eigenvalue weighted by Crippen LogP contribution is -2.29. The predicted molar refractivity (Wildman–Crippen MR) is 105 cm³/mol. The zero-order chi connectivity index (χ0) is 19.9. The van der Waals surface area contributed by atoms with E-state index in [0.717, 1.165) is 16.0 Å². The number of anilines is 1. The first kappa shape index (κ1) is 18.9. The molecule has 0 aliphatic carbocycles. The zero-order valence-corrected chi connectivity index (χ0v) is 14.9. The lowest BCUT2D eigenvalue weighted by molar-refractivity contribution is -0.385. The van der Waals surface area contributed by atoms with Gasteiger partial charge in [0.1, 0.15) is 12.3 Å². The van der Waals surface area contributed by atoms with Crippen molar-refractivity contribution >= 4 is 17.5 Å². The Morgan fingerprint density at radius 3 is 2.11 bits per heavy atom. The van der Waals surface area contributed by atoms with Gasteiger partial charge in [0.05, 0.1) is 11.5 Å². The first-order chi connectivity index (χ1) is 13.6. The number of carboxylic acid groups (broad SMARTS) is 1. The third-order valence-corrected chi connectivity index (χ3v) is 4.10. The van der Waals surface area contributed by atoms with E-state index in [1.807, 2.05) is 36.4 Å². The summed E-state index contributed by atoms with van der Waals surface area (Å²) in [5.41, 5.74) is 1.15.